The van der Waals surface area contributed by atoms with Gasteiger partial charge in [0.25, 0.3) is 5.91 Å². The largest absolute Gasteiger partial charge is 0.493 e. The van der Waals surface area contributed by atoms with E-state index in [1.54, 1.807) is 30.6 Å². The number of hydrazone groups is 1. The lowest BCUT2D eigenvalue weighted by molar-refractivity contribution is -0.130. The molecule has 0 spiro atoms. The molecule has 1 aromatic carbocycles. The van der Waals surface area contributed by atoms with Crippen LogP contribution >= 0.6 is 23.1 Å². The summed E-state index contributed by atoms with van der Waals surface area (Å²) in [5, 5.41) is 15.4. The molecular weight excluding hydrogens is 410 g/mol. The van der Waals surface area contributed by atoms with Crippen LogP contribution < -0.4 is 9.47 Å². The van der Waals surface area contributed by atoms with Crippen molar-refractivity contribution in [1.82, 2.24) is 20.2 Å². The molecule has 1 unspecified atom stereocenters. The van der Waals surface area contributed by atoms with E-state index in [2.05, 4.69) is 20.3 Å². The fourth-order valence-electron chi connectivity index (χ4n) is 3.11. The van der Waals surface area contributed by atoms with Crippen LogP contribution in [0, 0.1) is 0 Å². The van der Waals surface area contributed by atoms with Crippen molar-refractivity contribution in [2.75, 3.05) is 20.0 Å². The van der Waals surface area contributed by atoms with Gasteiger partial charge in [0.1, 0.15) is 6.33 Å². The van der Waals surface area contributed by atoms with Crippen molar-refractivity contribution < 1.29 is 14.3 Å². The highest BCUT2D eigenvalue weighted by Crippen LogP contribution is 2.38. The number of nitrogens with one attached hydrogen (secondary N) is 1. The molecule has 3 heterocycles. The van der Waals surface area contributed by atoms with Crippen LogP contribution in [-0.4, -0.2) is 51.8 Å². The van der Waals surface area contributed by atoms with Gasteiger partial charge in [0, 0.05) is 6.42 Å². The Morgan fingerprint density at radius 3 is 2.86 bits per heavy atom. The van der Waals surface area contributed by atoms with Crippen LogP contribution in [0.3, 0.4) is 0 Å². The number of amides is 1. The van der Waals surface area contributed by atoms with Gasteiger partial charge in [0.05, 0.1) is 36.6 Å². The molecule has 1 aliphatic heterocycles. The predicted octanol–water partition coefficient (Wildman–Crippen LogP) is 3.35. The average molecular weight is 430 g/mol. The number of nitrogens with zero attached hydrogens (tertiary/aromatic N) is 4. The van der Waals surface area contributed by atoms with Gasteiger partial charge < -0.3 is 9.47 Å². The maximum Gasteiger partial charge on any atom is 0.253 e. The van der Waals surface area contributed by atoms with Crippen molar-refractivity contribution in [2.45, 2.75) is 17.6 Å². The molecule has 0 bridgehead atoms. The van der Waals surface area contributed by atoms with E-state index in [0.717, 1.165) is 16.2 Å². The normalized spacial score (nSPS) is 16.0. The first-order chi connectivity index (χ1) is 14.2. The van der Waals surface area contributed by atoms with Gasteiger partial charge in [-0.05, 0) is 29.1 Å². The van der Waals surface area contributed by atoms with Gasteiger partial charge in [-0.2, -0.15) is 10.2 Å². The number of aromatic nitrogens is 3. The summed E-state index contributed by atoms with van der Waals surface area (Å²) >= 11 is 2.91. The van der Waals surface area contributed by atoms with E-state index in [1.165, 1.54) is 18.1 Å². The van der Waals surface area contributed by atoms with Crippen molar-refractivity contribution in [3.8, 4) is 11.5 Å². The van der Waals surface area contributed by atoms with Gasteiger partial charge in [-0.3, -0.25) is 9.89 Å². The molecule has 1 aliphatic rings. The number of thioether (sulfide) groups is 1. The smallest absolute Gasteiger partial charge is 0.253 e. The number of carbonyl (C=O) groups is 1. The van der Waals surface area contributed by atoms with Crippen LogP contribution in [0.5, 0.6) is 11.5 Å². The first-order valence-electron chi connectivity index (χ1n) is 8.83. The number of hydrogen-bond donors (Lipinski definition) is 1. The molecule has 2 aromatic heterocycles. The lowest BCUT2D eigenvalue weighted by atomic mass is 10.0. The quantitative estimate of drug-likeness (QED) is 0.579. The zero-order chi connectivity index (χ0) is 20.2. The van der Waals surface area contributed by atoms with Gasteiger partial charge in [-0.1, -0.05) is 23.9 Å². The Hall–Kier alpha value is -2.85. The van der Waals surface area contributed by atoms with E-state index in [0.29, 0.717) is 23.1 Å². The lowest BCUT2D eigenvalue weighted by Gasteiger charge is -2.22. The number of carbonyl (C=O) groups excluding carboxylic acids is 1. The maximum absolute atomic E-state index is 13.0. The Kier molecular flexibility index (Phi) is 5.81. The van der Waals surface area contributed by atoms with Gasteiger partial charge in [-0.15, -0.1) is 11.3 Å². The van der Waals surface area contributed by atoms with E-state index in [9.17, 15) is 4.79 Å². The molecule has 150 valence electrons. The number of rotatable bonds is 7. The predicted molar refractivity (Wildman–Crippen MR) is 112 cm³/mol. The standard InChI is InChI=1S/C19H19N5O3S2/c1-26-15-6-5-12(8-16(15)27-2)14-9-13(17-4-3-7-28-17)23-24(14)18(25)10-29-19-20-11-21-22-19/h3-8,11,14H,9-10H2,1-2H3,(H,20,21,22). The number of ether oxygens (including phenoxy) is 2. The van der Waals surface area contributed by atoms with Crippen molar-refractivity contribution in [3.63, 3.8) is 0 Å². The highest BCUT2D eigenvalue weighted by molar-refractivity contribution is 7.99. The summed E-state index contributed by atoms with van der Waals surface area (Å²) in [6, 6.07) is 9.49. The van der Waals surface area contributed by atoms with Crippen molar-refractivity contribution in [1.29, 1.82) is 0 Å². The second kappa shape index (κ2) is 8.66. The minimum atomic E-state index is -0.213. The second-order valence-corrected chi connectivity index (χ2v) is 8.09. The van der Waals surface area contributed by atoms with E-state index >= 15 is 0 Å². The van der Waals surface area contributed by atoms with Gasteiger partial charge in [0.15, 0.2) is 16.7 Å². The molecule has 29 heavy (non-hydrogen) atoms. The van der Waals surface area contributed by atoms with Gasteiger partial charge >= 0.3 is 0 Å². The fourth-order valence-corrected chi connectivity index (χ4v) is 4.46. The van der Waals surface area contributed by atoms with Crippen LogP contribution in [0.4, 0.5) is 0 Å². The molecule has 1 N–H and O–H groups in total. The third kappa shape index (κ3) is 4.13. The summed E-state index contributed by atoms with van der Waals surface area (Å²) in [5.74, 6) is 1.38. The second-order valence-electron chi connectivity index (χ2n) is 6.18. The van der Waals surface area contributed by atoms with E-state index < -0.39 is 0 Å². The zero-order valence-corrected chi connectivity index (χ0v) is 17.5. The summed E-state index contributed by atoms with van der Waals surface area (Å²) in [6.45, 7) is 0. The third-order valence-electron chi connectivity index (χ3n) is 4.49. The van der Waals surface area contributed by atoms with Crippen LogP contribution in [0.25, 0.3) is 0 Å². The van der Waals surface area contributed by atoms with Crippen LogP contribution in [0.15, 0.2) is 52.3 Å². The lowest BCUT2D eigenvalue weighted by Crippen LogP contribution is -2.28. The molecular formula is C19H19N5O3S2. The first-order valence-corrected chi connectivity index (χ1v) is 10.7. The van der Waals surface area contributed by atoms with E-state index in [-0.39, 0.29) is 17.7 Å². The highest BCUT2D eigenvalue weighted by Gasteiger charge is 2.34. The average Bonchev–Trinajstić information content (AvgIpc) is 3.52. The molecule has 3 aromatic rings. The number of thiophene rings is 1. The van der Waals surface area contributed by atoms with Crippen molar-refractivity contribution in [3.05, 3.63) is 52.5 Å². The van der Waals surface area contributed by atoms with Crippen molar-refractivity contribution in [2.24, 2.45) is 5.10 Å². The molecule has 8 nitrogen and oxygen atoms in total. The minimum absolute atomic E-state index is 0.0993. The molecule has 0 saturated carbocycles. The number of benzene rings is 1. The maximum atomic E-state index is 13.0. The van der Waals surface area contributed by atoms with Crippen LogP contribution in [-0.2, 0) is 4.79 Å². The number of methoxy groups -OCH3 is 2. The SMILES string of the molecule is COc1ccc(C2CC(c3cccs3)=NN2C(=O)CSc2ncn[nH]2)cc1OC. The van der Waals surface area contributed by atoms with Crippen molar-refractivity contribution >= 4 is 34.7 Å². The Morgan fingerprint density at radius 1 is 1.31 bits per heavy atom. The Labute approximate surface area is 175 Å². The Bertz CT molecular complexity index is 1010. The molecule has 10 heteroatoms. The summed E-state index contributed by atoms with van der Waals surface area (Å²) in [5.41, 5.74) is 1.84. The fraction of sp³-hybridized carbons (Fsp3) is 0.263. The summed E-state index contributed by atoms with van der Waals surface area (Å²) in [6.07, 6.45) is 2.05. The summed E-state index contributed by atoms with van der Waals surface area (Å²) in [7, 11) is 3.20. The number of H-pyrrole nitrogens is 1. The molecule has 1 atom stereocenters. The Balaban J connectivity index is 1.61. The number of hydrogen-bond acceptors (Lipinski definition) is 8. The van der Waals surface area contributed by atoms with Gasteiger partial charge in [-0.25, -0.2) is 9.99 Å². The summed E-state index contributed by atoms with van der Waals surface area (Å²) < 4.78 is 10.8. The molecule has 4 rings (SSSR count). The van der Waals surface area contributed by atoms with Crippen LogP contribution in [0.1, 0.15) is 22.9 Å². The summed E-state index contributed by atoms with van der Waals surface area (Å²) in [4.78, 5) is 18.1. The first kappa shape index (κ1) is 19.5. The highest BCUT2D eigenvalue weighted by atomic mass is 32.2. The Morgan fingerprint density at radius 2 is 2.17 bits per heavy atom. The minimum Gasteiger partial charge on any atom is -0.493 e. The monoisotopic (exact) mass is 429 g/mol. The molecule has 0 radical (unpaired) electrons. The van der Waals surface area contributed by atoms with Gasteiger partial charge in [0.2, 0.25) is 0 Å². The third-order valence-corrected chi connectivity index (χ3v) is 6.27. The topological polar surface area (TPSA) is 92.7 Å². The number of aromatic amines is 1. The molecule has 1 amide bonds. The molecule has 0 fully saturated rings. The van der Waals surface area contributed by atoms with E-state index in [4.69, 9.17) is 9.47 Å². The zero-order valence-electron chi connectivity index (χ0n) is 15.9. The molecule has 0 saturated heterocycles. The van der Waals surface area contributed by atoms with Crippen LogP contribution in [0.2, 0.25) is 0 Å². The molecule has 0 aliphatic carbocycles. The van der Waals surface area contributed by atoms with E-state index in [1.807, 2.05) is 35.7 Å².